The summed E-state index contributed by atoms with van der Waals surface area (Å²) in [5, 5.41) is 19.9. The molecule has 0 bridgehead atoms. The summed E-state index contributed by atoms with van der Waals surface area (Å²) in [6.07, 6.45) is -1.17. The van der Waals surface area contributed by atoms with E-state index in [1.807, 2.05) is 0 Å². The maximum atomic E-state index is 11.8. The van der Waals surface area contributed by atoms with Crippen molar-refractivity contribution in [1.29, 1.82) is 0 Å². The van der Waals surface area contributed by atoms with Crippen molar-refractivity contribution in [2.75, 3.05) is 6.61 Å². The molecule has 2 N–H and O–H groups in total. The van der Waals surface area contributed by atoms with Gasteiger partial charge in [0.05, 0.1) is 12.8 Å². The van der Waals surface area contributed by atoms with Crippen molar-refractivity contribution in [1.82, 2.24) is 0 Å². The quantitative estimate of drug-likeness (QED) is 0.231. The van der Waals surface area contributed by atoms with E-state index in [0.717, 1.165) is 0 Å². The molecule has 1 atom stereocenters. The van der Waals surface area contributed by atoms with Crippen LogP contribution in [0.25, 0.3) is 0 Å². The molecule has 2 aliphatic heterocycles. The molecule has 0 aliphatic carbocycles. The number of carbonyl (C=O) groups excluding carboxylic acids is 4. The number of cyclic esters (lactones) is 2. The molecule has 0 aromatic rings. The van der Waals surface area contributed by atoms with Crippen molar-refractivity contribution in [3.05, 3.63) is 24.3 Å². The number of aliphatic hydroxyl groups is 2. The Morgan fingerprint density at radius 3 is 1.96 bits per heavy atom. The Bertz CT molecular complexity index is 631. The summed E-state index contributed by atoms with van der Waals surface area (Å²) in [6.45, 7) is 5.37. The van der Waals surface area contributed by atoms with Crippen LogP contribution in [0.1, 0.15) is 12.8 Å². The third kappa shape index (κ3) is 3.07. The second-order valence-corrected chi connectivity index (χ2v) is 4.84. The van der Waals surface area contributed by atoms with Gasteiger partial charge in [-0.3, -0.25) is 9.59 Å². The fraction of sp³-hybridized carbons (Fsp3) is 0.385. The largest absolute Gasteiger partial charge is 0.457 e. The topological polar surface area (TPSA) is 146 Å². The van der Waals surface area contributed by atoms with Gasteiger partial charge in [-0.05, 0) is 0 Å². The van der Waals surface area contributed by atoms with Crippen molar-refractivity contribution in [3.8, 4) is 0 Å². The van der Waals surface area contributed by atoms with E-state index in [2.05, 4.69) is 22.6 Å². The molecule has 10 nitrogen and oxygen atoms in total. The van der Waals surface area contributed by atoms with Crippen molar-refractivity contribution in [2.24, 2.45) is 0 Å². The maximum Gasteiger partial charge on any atom is 0.410 e. The second-order valence-electron chi connectivity index (χ2n) is 4.84. The van der Waals surface area contributed by atoms with E-state index >= 15 is 0 Å². The Morgan fingerprint density at radius 1 is 0.826 bits per heavy atom. The Morgan fingerprint density at radius 2 is 1.35 bits per heavy atom. The summed E-state index contributed by atoms with van der Waals surface area (Å²) in [5.74, 6) is -11.4. The van der Waals surface area contributed by atoms with Crippen LogP contribution in [0.15, 0.2) is 24.3 Å². The fourth-order valence-corrected chi connectivity index (χ4v) is 1.75. The Labute approximate surface area is 128 Å². The SMILES string of the molecule is C=C1CC(=O)OC2(COC(=O)CC(=C)C(=O)O2)C(O)(O)OC1=O. The highest BCUT2D eigenvalue weighted by Gasteiger charge is 2.64. The molecule has 2 heterocycles. The van der Waals surface area contributed by atoms with Gasteiger partial charge < -0.3 is 29.2 Å². The lowest BCUT2D eigenvalue weighted by molar-refractivity contribution is -0.448. The summed E-state index contributed by atoms with van der Waals surface area (Å²) >= 11 is 0. The number of hydrogen-bond donors (Lipinski definition) is 2. The molecule has 124 valence electrons. The van der Waals surface area contributed by atoms with Crippen LogP contribution in [0.3, 0.4) is 0 Å². The highest BCUT2D eigenvalue weighted by atomic mass is 16.9. The number of ether oxygens (including phenoxy) is 4. The lowest BCUT2D eigenvalue weighted by Crippen LogP contribution is -2.65. The molecule has 1 spiro atoms. The first kappa shape index (κ1) is 16.6. The molecule has 0 aromatic carbocycles. The first-order valence-electron chi connectivity index (χ1n) is 6.21. The summed E-state index contributed by atoms with van der Waals surface area (Å²) in [5.41, 5.74) is -0.811. The van der Waals surface area contributed by atoms with Crippen molar-refractivity contribution in [2.45, 2.75) is 24.6 Å². The molecular weight excluding hydrogens is 316 g/mol. The lowest BCUT2D eigenvalue weighted by Gasteiger charge is -2.40. The first-order valence-corrected chi connectivity index (χ1v) is 6.21. The molecular formula is C13H12O10. The average molecular weight is 328 g/mol. The minimum absolute atomic E-state index is 0.390. The minimum atomic E-state index is -3.63. The Kier molecular flexibility index (Phi) is 3.97. The van der Waals surface area contributed by atoms with Crippen LogP contribution >= 0.6 is 0 Å². The monoisotopic (exact) mass is 328 g/mol. The summed E-state index contributed by atoms with van der Waals surface area (Å²) in [4.78, 5) is 46.6. The molecule has 0 saturated carbocycles. The molecule has 2 rings (SSSR count). The third-order valence-electron chi connectivity index (χ3n) is 2.98. The van der Waals surface area contributed by atoms with Gasteiger partial charge in [0.15, 0.2) is 6.61 Å². The summed E-state index contributed by atoms with van der Waals surface area (Å²) in [6, 6.07) is 0. The van der Waals surface area contributed by atoms with E-state index in [9.17, 15) is 29.4 Å². The van der Waals surface area contributed by atoms with Gasteiger partial charge in [0.1, 0.15) is 0 Å². The minimum Gasteiger partial charge on any atom is -0.457 e. The third-order valence-corrected chi connectivity index (χ3v) is 2.98. The van der Waals surface area contributed by atoms with E-state index in [4.69, 9.17) is 9.47 Å². The second kappa shape index (κ2) is 5.48. The number of esters is 4. The van der Waals surface area contributed by atoms with Gasteiger partial charge in [-0.1, -0.05) is 13.2 Å². The van der Waals surface area contributed by atoms with Crippen LogP contribution in [0.2, 0.25) is 0 Å². The molecule has 10 heteroatoms. The van der Waals surface area contributed by atoms with Crippen LogP contribution in [0.4, 0.5) is 0 Å². The summed E-state index contributed by atoms with van der Waals surface area (Å²) in [7, 11) is 0. The number of rotatable bonds is 0. The van der Waals surface area contributed by atoms with Gasteiger partial charge >= 0.3 is 35.6 Å². The van der Waals surface area contributed by atoms with Gasteiger partial charge in [-0.2, -0.15) is 0 Å². The molecule has 2 saturated heterocycles. The Balaban J connectivity index is 2.48. The predicted octanol–water partition coefficient (Wildman–Crippen LogP) is -1.59. The zero-order valence-corrected chi connectivity index (χ0v) is 11.7. The Hall–Kier alpha value is -2.72. The van der Waals surface area contributed by atoms with Crippen LogP contribution in [0.5, 0.6) is 0 Å². The fourth-order valence-electron chi connectivity index (χ4n) is 1.75. The van der Waals surface area contributed by atoms with Gasteiger partial charge in [0, 0.05) is 11.1 Å². The highest BCUT2D eigenvalue weighted by molar-refractivity contribution is 5.95. The standard InChI is InChI=1S/C13H12O10/c1-6-3-8(14)20-5-12(22-10(6)16)13(18,19)23-11(17)7(2)4-9(15)21-12/h18-19H,1-5H2. The van der Waals surface area contributed by atoms with Crippen molar-refractivity contribution >= 4 is 23.9 Å². The van der Waals surface area contributed by atoms with Crippen molar-refractivity contribution in [3.63, 3.8) is 0 Å². The average Bonchev–Trinajstić information content (AvgIpc) is 2.41. The maximum absolute atomic E-state index is 11.8. The van der Waals surface area contributed by atoms with E-state index in [-0.39, 0.29) is 0 Å². The van der Waals surface area contributed by atoms with Crippen molar-refractivity contribution < 1.29 is 48.3 Å². The number of carbonyl (C=O) groups is 4. The smallest absolute Gasteiger partial charge is 0.410 e. The zero-order valence-electron chi connectivity index (χ0n) is 11.7. The van der Waals surface area contributed by atoms with Crippen LogP contribution < -0.4 is 0 Å². The highest BCUT2D eigenvalue weighted by Crippen LogP contribution is 2.34. The van der Waals surface area contributed by atoms with Gasteiger partial charge in [-0.15, -0.1) is 0 Å². The van der Waals surface area contributed by atoms with Gasteiger partial charge in [0.2, 0.25) is 0 Å². The lowest BCUT2D eigenvalue weighted by atomic mass is 10.1. The number of hydrogen-bond acceptors (Lipinski definition) is 10. The molecule has 1 unspecified atom stereocenters. The molecule has 2 fully saturated rings. The van der Waals surface area contributed by atoms with Crippen LogP contribution in [-0.2, 0) is 38.1 Å². The first-order chi connectivity index (χ1) is 10.6. The van der Waals surface area contributed by atoms with Crippen LogP contribution in [0, 0.1) is 0 Å². The molecule has 23 heavy (non-hydrogen) atoms. The molecule has 2 aliphatic rings. The molecule has 0 aromatic heterocycles. The van der Waals surface area contributed by atoms with E-state index in [1.165, 1.54) is 0 Å². The predicted molar refractivity (Wildman–Crippen MR) is 66.6 cm³/mol. The molecule has 0 amide bonds. The normalized spacial score (nSPS) is 28.6. The van der Waals surface area contributed by atoms with Gasteiger partial charge in [0.25, 0.3) is 0 Å². The summed E-state index contributed by atoms with van der Waals surface area (Å²) < 4.78 is 18.4. The van der Waals surface area contributed by atoms with Crippen LogP contribution in [-0.4, -0.2) is 52.5 Å². The zero-order chi connectivity index (χ0) is 17.4. The van der Waals surface area contributed by atoms with E-state index in [1.54, 1.807) is 0 Å². The van der Waals surface area contributed by atoms with E-state index in [0.29, 0.717) is 0 Å². The van der Waals surface area contributed by atoms with Gasteiger partial charge in [-0.25, -0.2) is 9.59 Å². The molecule has 0 radical (unpaired) electrons. The van der Waals surface area contributed by atoms with E-state index < -0.39 is 66.2 Å².